The lowest BCUT2D eigenvalue weighted by Crippen LogP contribution is -2.32. The van der Waals surface area contributed by atoms with E-state index < -0.39 is 5.97 Å². The Labute approximate surface area is 112 Å². The molecule has 0 fully saturated rings. The van der Waals surface area contributed by atoms with Crippen LogP contribution >= 0.6 is 0 Å². The van der Waals surface area contributed by atoms with Gasteiger partial charge in [-0.1, -0.05) is 26.0 Å². The van der Waals surface area contributed by atoms with E-state index >= 15 is 0 Å². The lowest BCUT2D eigenvalue weighted by Gasteiger charge is -2.12. The first-order valence-electron chi connectivity index (χ1n) is 6.14. The zero-order chi connectivity index (χ0) is 14.4. The van der Waals surface area contributed by atoms with Crippen LogP contribution in [0.3, 0.4) is 0 Å². The summed E-state index contributed by atoms with van der Waals surface area (Å²) in [6.07, 6.45) is 0. The summed E-state index contributed by atoms with van der Waals surface area (Å²) in [7, 11) is 0. The predicted octanol–water partition coefficient (Wildman–Crippen LogP) is 1.84. The minimum Gasteiger partial charge on any atom is -0.483 e. The number of nitrogens with one attached hydrogen (secondary N) is 1. The van der Waals surface area contributed by atoms with Crippen molar-refractivity contribution in [3.8, 4) is 5.75 Å². The number of rotatable bonds is 6. The van der Waals surface area contributed by atoms with Crippen molar-refractivity contribution in [2.75, 3.05) is 13.2 Å². The van der Waals surface area contributed by atoms with E-state index in [1.54, 1.807) is 19.1 Å². The molecule has 0 saturated carbocycles. The highest BCUT2D eigenvalue weighted by Gasteiger charge is 2.14. The van der Waals surface area contributed by atoms with Gasteiger partial charge in [0.15, 0.2) is 6.61 Å². The van der Waals surface area contributed by atoms with Crippen molar-refractivity contribution in [3.63, 3.8) is 0 Å². The van der Waals surface area contributed by atoms with Crippen molar-refractivity contribution in [2.45, 2.75) is 20.8 Å². The lowest BCUT2D eigenvalue weighted by molar-refractivity contribution is -0.123. The molecule has 0 bridgehead atoms. The minimum atomic E-state index is -1.07. The highest BCUT2D eigenvalue weighted by atomic mass is 16.5. The number of aryl methyl sites for hydroxylation is 1. The van der Waals surface area contributed by atoms with Gasteiger partial charge < -0.3 is 15.2 Å². The second kappa shape index (κ2) is 6.78. The second-order valence-electron chi connectivity index (χ2n) is 4.74. The molecule has 1 rings (SSSR count). The van der Waals surface area contributed by atoms with E-state index in [0.717, 1.165) is 0 Å². The van der Waals surface area contributed by atoms with Crippen molar-refractivity contribution in [2.24, 2.45) is 5.92 Å². The molecular formula is C14H19NO4. The van der Waals surface area contributed by atoms with Crippen LogP contribution in [0.4, 0.5) is 0 Å². The number of carbonyl (C=O) groups excluding carboxylic acids is 1. The minimum absolute atomic E-state index is 0.0664. The molecule has 1 amide bonds. The van der Waals surface area contributed by atoms with Gasteiger partial charge in [0.25, 0.3) is 5.91 Å². The van der Waals surface area contributed by atoms with Gasteiger partial charge in [-0.15, -0.1) is 0 Å². The molecule has 0 aromatic heterocycles. The van der Waals surface area contributed by atoms with Gasteiger partial charge in [-0.3, -0.25) is 4.79 Å². The standard InChI is InChI=1S/C14H19NO4/c1-9(2)7-15-12(16)8-19-13-10(3)5-4-6-11(13)14(17)18/h4-6,9H,7-8H2,1-3H3,(H,15,16)(H,17,18). The fourth-order valence-electron chi connectivity index (χ4n) is 1.52. The maximum absolute atomic E-state index is 11.5. The first kappa shape index (κ1) is 15.0. The number of hydrogen-bond acceptors (Lipinski definition) is 3. The Hall–Kier alpha value is -2.04. The molecule has 0 atom stereocenters. The normalized spacial score (nSPS) is 10.3. The molecule has 0 radical (unpaired) electrons. The van der Waals surface area contributed by atoms with Gasteiger partial charge in [-0.05, 0) is 24.5 Å². The molecular weight excluding hydrogens is 246 g/mol. The van der Waals surface area contributed by atoms with Gasteiger partial charge in [0.05, 0.1) is 0 Å². The summed E-state index contributed by atoms with van der Waals surface area (Å²) >= 11 is 0. The summed E-state index contributed by atoms with van der Waals surface area (Å²) in [5.41, 5.74) is 0.758. The van der Waals surface area contributed by atoms with Crippen molar-refractivity contribution >= 4 is 11.9 Å². The maximum atomic E-state index is 11.5. The third-order valence-electron chi connectivity index (χ3n) is 2.50. The Bertz CT molecular complexity index is 469. The largest absolute Gasteiger partial charge is 0.483 e. The van der Waals surface area contributed by atoms with Gasteiger partial charge in [0, 0.05) is 6.54 Å². The molecule has 1 aromatic rings. The average molecular weight is 265 g/mol. The number of carbonyl (C=O) groups is 2. The molecule has 0 aliphatic heterocycles. The zero-order valence-electron chi connectivity index (χ0n) is 11.4. The van der Waals surface area contributed by atoms with E-state index in [1.165, 1.54) is 6.07 Å². The van der Waals surface area contributed by atoms with E-state index in [-0.39, 0.29) is 23.8 Å². The number of benzene rings is 1. The predicted molar refractivity (Wildman–Crippen MR) is 71.5 cm³/mol. The highest BCUT2D eigenvalue weighted by molar-refractivity contribution is 5.91. The molecule has 5 heteroatoms. The van der Waals surface area contributed by atoms with Crippen LogP contribution in [0.15, 0.2) is 18.2 Å². The summed E-state index contributed by atoms with van der Waals surface area (Å²) in [4.78, 5) is 22.6. The fraction of sp³-hybridized carbons (Fsp3) is 0.429. The van der Waals surface area contributed by atoms with Crippen LogP contribution in [0.25, 0.3) is 0 Å². The van der Waals surface area contributed by atoms with Gasteiger partial charge in [0.1, 0.15) is 11.3 Å². The van der Waals surface area contributed by atoms with Crippen LogP contribution in [-0.2, 0) is 4.79 Å². The molecule has 5 nitrogen and oxygen atoms in total. The molecule has 19 heavy (non-hydrogen) atoms. The van der Waals surface area contributed by atoms with Crippen molar-refractivity contribution in [1.82, 2.24) is 5.32 Å². The number of carboxylic acids is 1. The van der Waals surface area contributed by atoms with Crippen LogP contribution in [0.5, 0.6) is 5.75 Å². The second-order valence-corrected chi connectivity index (χ2v) is 4.74. The lowest BCUT2D eigenvalue weighted by atomic mass is 10.1. The molecule has 1 aromatic carbocycles. The van der Waals surface area contributed by atoms with Gasteiger partial charge in [0.2, 0.25) is 0 Å². The quantitative estimate of drug-likeness (QED) is 0.823. The number of para-hydroxylation sites is 1. The van der Waals surface area contributed by atoms with Gasteiger partial charge in [-0.2, -0.15) is 0 Å². The monoisotopic (exact) mass is 265 g/mol. The van der Waals surface area contributed by atoms with Crippen molar-refractivity contribution in [1.29, 1.82) is 0 Å². The van der Waals surface area contributed by atoms with E-state index in [4.69, 9.17) is 9.84 Å². The third-order valence-corrected chi connectivity index (χ3v) is 2.50. The van der Waals surface area contributed by atoms with E-state index in [2.05, 4.69) is 5.32 Å². The first-order valence-corrected chi connectivity index (χ1v) is 6.14. The SMILES string of the molecule is Cc1cccc(C(=O)O)c1OCC(=O)NCC(C)C. The maximum Gasteiger partial charge on any atom is 0.339 e. The summed E-state index contributed by atoms with van der Waals surface area (Å²) in [6, 6.07) is 4.84. The van der Waals surface area contributed by atoms with Gasteiger partial charge >= 0.3 is 5.97 Å². The summed E-state index contributed by atoms with van der Waals surface area (Å²) in [6.45, 7) is 6.11. The average Bonchev–Trinajstić information content (AvgIpc) is 2.34. The Morgan fingerprint density at radius 1 is 1.37 bits per heavy atom. The number of aromatic carboxylic acids is 1. The Morgan fingerprint density at radius 2 is 2.05 bits per heavy atom. The smallest absolute Gasteiger partial charge is 0.339 e. The van der Waals surface area contributed by atoms with Crippen LogP contribution in [0, 0.1) is 12.8 Å². The molecule has 0 unspecified atom stereocenters. The number of hydrogen-bond donors (Lipinski definition) is 2. The molecule has 104 valence electrons. The first-order chi connectivity index (χ1) is 8.91. The molecule has 0 aliphatic carbocycles. The number of ether oxygens (including phenoxy) is 1. The highest BCUT2D eigenvalue weighted by Crippen LogP contribution is 2.23. The fourth-order valence-corrected chi connectivity index (χ4v) is 1.52. The number of carboxylic acid groups (broad SMARTS) is 1. The molecule has 0 aliphatic rings. The Morgan fingerprint density at radius 3 is 2.63 bits per heavy atom. The van der Waals surface area contributed by atoms with E-state index in [0.29, 0.717) is 18.0 Å². The van der Waals surface area contributed by atoms with E-state index in [9.17, 15) is 9.59 Å². The topological polar surface area (TPSA) is 75.6 Å². The Kier molecular flexibility index (Phi) is 5.36. The number of amides is 1. The third kappa shape index (κ3) is 4.62. The molecule has 0 spiro atoms. The molecule has 2 N–H and O–H groups in total. The molecule has 0 saturated heterocycles. The van der Waals surface area contributed by atoms with Crippen LogP contribution in [0.2, 0.25) is 0 Å². The Balaban J connectivity index is 2.67. The zero-order valence-corrected chi connectivity index (χ0v) is 11.4. The van der Waals surface area contributed by atoms with E-state index in [1.807, 2.05) is 13.8 Å². The summed E-state index contributed by atoms with van der Waals surface area (Å²) < 4.78 is 5.33. The van der Waals surface area contributed by atoms with Crippen LogP contribution in [0.1, 0.15) is 29.8 Å². The molecule has 0 heterocycles. The van der Waals surface area contributed by atoms with Crippen LogP contribution < -0.4 is 10.1 Å². The summed E-state index contributed by atoms with van der Waals surface area (Å²) in [5, 5.41) is 11.8. The van der Waals surface area contributed by atoms with Crippen molar-refractivity contribution in [3.05, 3.63) is 29.3 Å². The summed E-state index contributed by atoms with van der Waals surface area (Å²) in [5.74, 6) is -0.721. The van der Waals surface area contributed by atoms with Gasteiger partial charge in [-0.25, -0.2) is 4.79 Å². The van der Waals surface area contributed by atoms with Crippen molar-refractivity contribution < 1.29 is 19.4 Å². The van der Waals surface area contributed by atoms with Crippen LogP contribution in [-0.4, -0.2) is 30.1 Å².